The Morgan fingerprint density at radius 3 is 2.47 bits per heavy atom. The van der Waals surface area contributed by atoms with Crippen molar-refractivity contribution in [3.8, 4) is 0 Å². The van der Waals surface area contributed by atoms with Crippen LogP contribution in [0.4, 0.5) is 0 Å². The van der Waals surface area contributed by atoms with E-state index in [1.165, 1.54) is 109 Å². The van der Waals surface area contributed by atoms with E-state index < -0.39 is 0 Å². The molecule has 12 unspecified atom stereocenters. The van der Waals surface area contributed by atoms with Gasteiger partial charge in [-0.2, -0.15) is 0 Å². The minimum absolute atomic E-state index is 0.176. The van der Waals surface area contributed by atoms with Gasteiger partial charge in [0.15, 0.2) is 0 Å². The van der Waals surface area contributed by atoms with Gasteiger partial charge in [-0.1, -0.05) is 144 Å². The third-order valence-electron chi connectivity index (χ3n) is 15.9. The normalized spacial score (nSPS) is 37.2. The third-order valence-corrected chi connectivity index (χ3v) is 15.9. The third kappa shape index (κ3) is 10.2. The topological polar surface area (TPSA) is 3.24 Å². The van der Waals surface area contributed by atoms with Crippen LogP contribution < -0.4 is 0 Å². The summed E-state index contributed by atoms with van der Waals surface area (Å²) in [4.78, 5) is 3.21. The molecule has 12 atom stereocenters. The second-order valence-corrected chi connectivity index (χ2v) is 19.8. The second-order valence-electron chi connectivity index (χ2n) is 19.8. The van der Waals surface area contributed by atoms with E-state index in [0.29, 0.717) is 65.5 Å². The van der Waals surface area contributed by atoms with Gasteiger partial charge in [0.25, 0.3) is 0 Å². The second kappa shape index (κ2) is 19.9. The van der Waals surface area contributed by atoms with E-state index in [-0.39, 0.29) is 5.41 Å². The molecule has 4 bridgehead atoms. The first-order valence-electron chi connectivity index (χ1n) is 23.4. The Labute approximate surface area is 340 Å². The molecule has 0 aromatic rings. The first-order valence-corrected chi connectivity index (χ1v) is 23.4. The number of fused-ring (bicyclic) bond motifs is 4. The summed E-state index contributed by atoms with van der Waals surface area (Å²) in [5.74, 6) is 6.02. The van der Waals surface area contributed by atoms with Gasteiger partial charge in [0.2, 0.25) is 0 Å². The van der Waals surface area contributed by atoms with Crippen molar-refractivity contribution in [2.24, 2.45) is 58.7 Å². The molecule has 0 spiro atoms. The summed E-state index contributed by atoms with van der Waals surface area (Å²) in [5.41, 5.74) is 5.11. The van der Waals surface area contributed by atoms with E-state index in [0.717, 1.165) is 5.92 Å². The highest BCUT2D eigenvalue weighted by atomic mass is 15.2. The van der Waals surface area contributed by atoms with Crippen LogP contribution in [-0.2, 0) is 0 Å². The maximum atomic E-state index is 4.33. The molecule has 1 saturated carbocycles. The molecule has 6 aliphatic rings. The molecule has 0 aromatic heterocycles. The number of hydrogen-bond acceptors (Lipinski definition) is 1. The molecule has 0 N–H and O–H groups in total. The van der Waals surface area contributed by atoms with E-state index in [1.807, 2.05) is 6.08 Å². The van der Waals surface area contributed by atoms with Crippen LogP contribution in [0.3, 0.4) is 0 Å². The highest BCUT2D eigenvalue weighted by Gasteiger charge is 2.48. The molecule has 6 aliphatic carbocycles. The zero-order valence-electron chi connectivity index (χ0n) is 36.3. The molecule has 0 amide bonds. The summed E-state index contributed by atoms with van der Waals surface area (Å²) in [6.45, 7) is 23.3. The fourth-order valence-corrected chi connectivity index (χ4v) is 12.6. The SMILES string of the molecule is C=CC=CC1=C(C)C2CC(CC(N(C3C=CC(C4C=C(CCC(C)C=CCCC)C(C=C)CCC4)CC3)C3CCC=CC4CCC=CC3C4)CC2C)C1(C)C. The van der Waals surface area contributed by atoms with Crippen molar-refractivity contribution in [2.45, 2.75) is 169 Å². The van der Waals surface area contributed by atoms with Crippen molar-refractivity contribution in [1.29, 1.82) is 0 Å². The van der Waals surface area contributed by atoms with Gasteiger partial charge in [-0.05, 0) is 167 Å². The van der Waals surface area contributed by atoms with Crippen molar-refractivity contribution in [2.75, 3.05) is 0 Å². The molecule has 0 heterocycles. The summed E-state index contributed by atoms with van der Waals surface area (Å²) in [5, 5.41) is 0. The minimum Gasteiger partial charge on any atom is -0.290 e. The Balaban J connectivity index is 1.29. The summed E-state index contributed by atoms with van der Waals surface area (Å²) in [6.07, 6.45) is 54.4. The monoisotopic (exact) mass is 744 g/mol. The molecule has 6 rings (SSSR count). The van der Waals surface area contributed by atoms with Crippen LogP contribution in [0.5, 0.6) is 0 Å². The fourth-order valence-electron chi connectivity index (χ4n) is 12.6. The van der Waals surface area contributed by atoms with Crippen molar-refractivity contribution in [3.05, 3.63) is 109 Å². The molecule has 0 saturated heterocycles. The molecule has 1 nitrogen and oxygen atoms in total. The predicted molar refractivity (Wildman–Crippen MR) is 241 cm³/mol. The van der Waals surface area contributed by atoms with Crippen LogP contribution >= 0.6 is 0 Å². The molecular formula is C54H81N. The summed E-state index contributed by atoms with van der Waals surface area (Å²) < 4.78 is 0. The molecule has 1 heteroatoms. The molecule has 0 aromatic carbocycles. The summed E-state index contributed by atoms with van der Waals surface area (Å²) in [7, 11) is 0. The summed E-state index contributed by atoms with van der Waals surface area (Å²) in [6, 6.07) is 1.78. The Morgan fingerprint density at radius 1 is 0.891 bits per heavy atom. The van der Waals surface area contributed by atoms with Crippen molar-refractivity contribution in [3.63, 3.8) is 0 Å². The number of nitrogens with zero attached hydrogens (tertiary/aromatic N) is 1. The van der Waals surface area contributed by atoms with Gasteiger partial charge in [0, 0.05) is 18.1 Å². The molecule has 55 heavy (non-hydrogen) atoms. The van der Waals surface area contributed by atoms with Crippen LogP contribution in [0, 0.1) is 58.7 Å². The highest BCUT2D eigenvalue weighted by Crippen LogP contribution is 2.55. The highest BCUT2D eigenvalue weighted by molar-refractivity contribution is 5.37. The van der Waals surface area contributed by atoms with Gasteiger partial charge >= 0.3 is 0 Å². The maximum Gasteiger partial charge on any atom is 0.0284 e. The first-order chi connectivity index (χ1) is 26.6. The molecule has 0 aliphatic heterocycles. The van der Waals surface area contributed by atoms with E-state index in [4.69, 9.17) is 0 Å². The number of rotatable bonds is 13. The summed E-state index contributed by atoms with van der Waals surface area (Å²) >= 11 is 0. The zero-order valence-corrected chi connectivity index (χ0v) is 36.3. The van der Waals surface area contributed by atoms with E-state index >= 15 is 0 Å². The molecule has 302 valence electrons. The maximum absolute atomic E-state index is 4.33. The van der Waals surface area contributed by atoms with Gasteiger partial charge in [-0.3, -0.25) is 4.90 Å². The smallest absolute Gasteiger partial charge is 0.0284 e. The quantitative estimate of drug-likeness (QED) is 0.134. The lowest BCUT2D eigenvalue weighted by molar-refractivity contribution is 0.0307. The van der Waals surface area contributed by atoms with E-state index in [1.54, 1.807) is 16.7 Å². The van der Waals surface area contributed by atoms with E-state index in [2.05, 4.69) is 133 Å². The Morgan fingerprint density at radius 2 is 1.71 bits per heavy atom. The fraction of sp³-hybridized carbons (Fsp3) is 0.667. The average molecular weight is 744 g/mol. The Hall–Kier alpha value is -2.38. The van der Waals surface area contributed by atoms with Gasteiger partial charge in [0.05, 0.1) is 0 Å². The van der Waals surface area contributed by atoms with Crippen LogP contribution in [0.1, 0.15) is 151 Å². The standard InChI is InChI=1S/C54H81N/c1-9-12-14-20-39(4)28-29-46-36-45(25-19-24-43(46)11-3)44-30-32-49(33-31-44)55(53-27-18-16-22-42-21-15-17-23-47(53)35-42)50-34-40(5)51-38-48(37-50)54(7,8)52(41(51)6)26-13-10-2/h10-11,13-14,16-17,20,22-23,26,30,32,36,39-40,42-45,47-51,53H,2-3,9,12,15,18-19,21,24-25,27-29,31,33-35,37-38H2,1,4-8H3. The van der Waals surface area contributed by atoms with Crippen molar-refractivity contribution < 1.29 is 0 Å². The number of hydrogen-bond donors (Lipinski definition) is 0. The molecular weight excluding hydrogens is 663 g/mol. The van der Waals surface area contributed by atoms with Crippen LogP contribution in [0.25, 0.3) is 0 Å². The van der Waals surface area contributed by atoms with Gasteiger partial charge in [-0.15, -0.1) is 6.58 Å². The number of allylic oxidation sites excluding steroid dienone is 14. The van der Waals surface area contributed by atoms with E-state index in [9.17, 15) is 0 Å². The van der Waals surface area contributed by atoms with Gasteiger partial charge in [-0.25, -0.2) is 0 Å². The van der Waals surface area contributed by atoms with Crippen molar-refractivity contribution in [1.82, 2.24) is 4.90 Å². The minimum atomic E-state index is 0.176. The lowest BCUT2D eigenvalue weighted by Gasteiger charge is -2.49. The number of unbranched alkanes of at least 4 members (excludes halogenated alkanes) is 1. The predicted octanol–water partition coefficient (Wildman–Crippen LogP) is 15.1. The zero-order chi connectivity index (χ0) is 39.0. The lowest BCUT2D eigenvalue weighted by atomic mass is 9.60. The van der Waals surface area contributed by atoms with Gasteiger partial charge in [0.1, 0.15) is 0 Å². The van der Waals surface area contributed by atoms with Crippen LogP contribution in [-0.4, -0.2) is 23.0 Å². The van der Waals surface area contributed by atoms with Gasteiger partial charge < -0.3 is 0 Å². The molecule has 0 radical (unpaired) electrons. The Kier molecular flexibility index (Phi) is 15.2. The lowest BCUT2D eigenvalue weighted by Crippen LogP contribution is -2.53. The average Bonchev–Trinajstić information content (AvgIpc) is 3.61. The van der Waals surface area contributed by atoms with Crippen LogP contribution in [0.2, 0.25) is 0 Å². The van der Waals surface area contributed by atoms with Crippen LogP contribution in [0.15, 0.2) is 109 Å². The first kappa shape index (κ1) is 42.2. The molecule has 1 fully saturated rings. The van der Waals surface area contributed by atoms with Crippen molar-refractivity contribution >= 4 is 0 Å². The Bertz CT molecular complexity index is 1490. The largest absolute Gasteiger partial charge is 0.290 e.